The summed E-state index contributed by atoms with van der Waals surface area (Å²) in [6.45, 7) is 3.61. The fourth-order valence-electron chi connectivity index (χ4n) is 4.33. The third-order valence-electron chi connectivity index (χ3n) is 5.68. The number of hydrogen-bond acceptors (Lipinski definition) is 6. The molecule has 0 saturated carbocycles. The smallest absolute Gasteiger partial charge is 0.329 e. The Morgan fingerprint density at radius 3 is 2.44 bits per heavy atom. The number of halogens is 1. The number of imide groups is 1. The van der Waals surface area contributed by atoms with Crippen molar-refractivity contribution in [2.45, 2.75) is 56.7 Å². The molecule has 3 amide bonds. The molecule has 0 aliphatic carbocycles. The zero-order valence-corrected chi connectivity index (χ0v) is 18.3. The minimum Gasteiger partial charge on any atom is -0.485 e. The Morgan fingerprint density at radius 2 is 1.75 bits per heavy atom. The number of urea groups is 1. The molecule has 3 saturated heterocycles. The van der Waals surface area contributed by atoms with E-state index in [0.29, 0.717) is 16.5 Å². The van der Waals surface area contributed by atoms with Gasteiger partial charge in [0, 0.05) is 5.02 Å². The van der Waals surface area contributed by atoms with Crippen LogP contribution in [0.15, 0.2) is 54.6 Å². The molecule has 0 aromatic heterocycles. The summed E-state index contributed by atoms with van der Waals surface area (Å²) in [7, 11) is 0. The van der Waals surface area contributed by atoms with Crippen molar-refractivity contribution in [1.29, 1.82) is 0 Å². The number of amides is 3. The average Bonchev–Trinajstić information content (AvgIpc) is 3.22. The van der Waals surface area contributed by atoms with E-state index in [4.69, 9.17) is 30.5 Å². The SMILES string of the molecule is CC1(C)OC2OC([C@@H]3CC(=O)N(c4ccc(Cl)cc4)C(=O)N3)[C@H](Oc3ccccc3)C2O1. The van der Waals surface area contributed by atoms with Crippen molar-refractivity contribution in [3.8, 4) is 5.75 Å². The van der Waals surface area contributed by atoms with E-state index >= 15 is 0 Å². The second kappa shape index (κ2) is 8.04. The Hall–Kier alpha value is -2.65. The van der Waals surface area contributed by atoms with E-state index in [1.807, 2.05) is 30.3 Å². The first kappa shape index (κ1) is 21.2. The van der Waals surface area contributed by atoms with Gasteiger partial charge in [-0.3, -0.25) is 4.79 Å². The molecule has 3 aliphatic rings. The van der Waals surface area contributed by atoms with Crippen molar-refractivity contribution >= 4 is 29.2 Å². The van der Waals surface area contributed by atoms with E-state index in [9.17, 15) is 9.59 Å². The topological polar surface area (TPSA) is 86.3 Å². The Kier molecular flexibility index (Phi) is 5.33. The van der Waals surface area contributed by atoms with Crippen LogP contribution >= 0.6 is 11.6 Å². The van der Waals surface area contributed by atoms with Crippen LogP contribution in [-0.4, -0.2) is 48.4 Å². The van der Waals surface area contributed by atoms with Gasteiger partial charge >= 0.3 is 6.03 Å². The lowest BCUT2D eigenvalue weighted by Gasteiger charge is -2.36. The Balaban J connectivity index is 1.37. The van der Waals surface area contributed by atoms with Gasteiger partial charge in [-0.2, -0.15) is 0 Å². The van der Waals surface area contributed by atoms with Crippen LogP contribution in [0.4, 0.5) is 10.5 Å². The summed E-state index contributed by atoms with van der Waals surface area (Å²) in [5.41, 5.74) is 0.449. The van der Waals surface area contributed by atoms with Crippen LogP contribution < -0.4 is 15.0 Å². The van der Waals surface area contributed by atoms with Crippen molar-refractivity contribution in [1.82, 2.24) is 5.32 Å². The Bertz CT molecular complexity index is 997. The van der Waals surface area contributed by atoms with Gasteiger partial charge in [-0.1, -0.05) is 29.8 Å². The molecule has 2 aromatic rings. The number of anilines is 1. The van der Waals surface area contributed by atoms with Crippen LogP contribution in [0.5, 0.6) is 5.75 Å². The maximum atomic E-state index is 12.9. The monoisotopic (exact) mass is 458 g/mol. The van der Waals surface area contributed by atoms with E-state index in [2.05, 4.69) is 5.32 Å². The molecule has 3 heterocycles. The highest BCUT2D eigenvalue weighted by Gasteiger charge is 2.59. The molecule has 168 valence electrons. The van der Waals surface area contributed by atoms with Crippen molar-refractivity contribution in [3.05, 3.63) is 59.6 Å². The molecule has 3 unspecified atom stereocenters. The average molecular weight is 459 g/mol. The standard InChI is InChI=1S/C23H23ClN2O6/c1-23(2)31-20-19(29-15-6-4-3-5-7-15)18(30-21(20)32-23)16-12-17(27)26(22(28)25-16)14-10-8-13(24)9-11-14/h3-11,16,18-21H,12H2,1-2H3,(H,25,28)/t16-,18?,19-,20?,21?/m0/s1. The van der Waals surface area contributed by atoms with Gasteiger partial charge in [0.15, 0.2) is 24.3 Å². The van der Waals surface area contributed by atoms with Crippen LogP contribution in [0, 0.1) is 0 Å². The number of carbonyl (C=O) groups excluding carboxylic acids is 2. The van der Waals surface area contributed by atoms with Crippen molar-refractivity contribution in [2.75, 3.05) is 4.90 Å². The quantitative estimate of drug-likeness (QED) is 0.755. The molecule has 3 fully saturated rings. The molecule has 32 heavy (non-hydrogen) atoms. The Morgan fingerprint density at radius 1 is 1.03 bits per heavy atom. The van der Waals surface area contributed by atoms with Gasteiger partial charge in [-0.25, -0.2) is 9.69 Å². The summed E-state index contributed by atoms with van der Waals surface area (Å²) in [4.78, 5) is 26.9. The maximum Gasteiger partial charge on any atom is 0.329 e. The van der Waals surface area contributed by atoms with E-state index in [1.165, 1.54) is 0 Å². The summed E-state index contributed by atoms with van der Waals surface area (Å²) in [6.07, 6.45) is -2.34. The highest BCUT2D eigenvalue weighted by Crippen LogP contribution is 2.41. The molecule has 0 bridgehead atoms. The van der Waals surface area contributed by atoms with E-state index in [1.54, 1.807) is 38.1 Å². The minimum atomic E-state index is -0.824. The number of carbonyl (C=O) groups is 2. The summed E-state index contributed by atoms with van der Waals surface area (Å²) in [6, 6.07) is 14.7. The fraction of sp³-hybridized carbons (Fsp3) is 0.391. The molecule has 0 spiro atoms. The van der Waals surface area contributed by atoms with Crippen LogP contribution in [0.1, 0.15) is 20.3 Å². The predicted molar refractivity (Wildman–Crippen MR) is 115 cm³/mol. The third-order valence-corrected chi connectivity index (χ3v) is 5.93. The van der Waals surface area contributed by atoms with Gasteiger partial charge in [-0.05, 0) is 50.2 Å². The first-order valence-electron chi connectivity index (χ1n) is 10.4. The largest absolute Gasteiger partial charge is 0.485 e. The van der Waals surface area contributed by atoms with Crippen molar-refractivity contribution in [2.24, 2.45) is 0 Å². The van der Waals surface area contributed by atoms with Gasteiger partial charge in [0.2, 0.25) is 5.91 Å². The van der Waals surface area contributed by atoms with Crippen LogP contribution in [0.2, 0.25) is 5.02 Å². The van der Waals surface area contributed by atoms with Gasteiger partial charge < -0.3 is 24.3 Å². The number of rotatable bonds is 4. The van der Waals surface area contributed by atoms with Gasteiger partial charge in [-0.15, -0.1) is 0 Å². The lowest BCUT2D eigenvalue weighted by Crippen LogP contribution is -2.61. The van der Waals surface area contributed by atoms with Crippen molar-refractivity contribution < 1.29 is 28.5 Å². The molecular formula is C23H23ClN2O6. The highest BCUT2D eigenvalue weighted by molar-refractivity contribution is 6.30. The zero-order chi connectivity index (χ0) is 22.5. The molecule has 2 aromatic carbocycles. The van der Waals surface area contributed by atoms with Gasteiger partial charge in [0.25, 0.3) is 0 Å². The number of para-hydroxylation sites is 1. The molecule has 3 aliphatic heterocycles. The molecule has 0 radical (unpaired) electrons. The second-order valence-electron chi connectivity index (χ2n) is 8.43. The summed E-state index contributed by atoms with van der Waals surface area (Å²) < 4.78 is 24.3. The first-order valence-corrected chi connectivity index (χ1v) is 10.8. The highest BCUT2D eigenvalue weighted by atomic mass is 35.5. The van der Waals surface area contributed by atoms with E-state index in [0.717, 1.165) is 4.90 Å². The molecule has 5 rings (SSSR count). The van der Waals surface area contributed by atoms with Crippen LogP contribution in [-0.2, 0) is 19.0 Å². The normalized spacial score (nSPS) is 31.3. The second-order valence-corrected chi connectivity index (χ2v) is 8.87. The van der Waals surface area contributed by atoms with E-state index < -0.39 is 42.5 Å². The summed E-state index contributed by atoms with van der Waals surface area (Å²) in [5, 5.41) is 3.41. The molecule has 1 N–H and O–H groups in total. The lowest BCUT2D eigenvalue weighted by molar-refractivity contribution is -0.216. The number of hydrogen-bond donors (Lipinski definition) is 1. The Labute approximate surface area is 190 Å². The van der Waals surface area contributed by atoms with Crippen LogP contribution in [0.3, 0.4) is 0 Å². The number of ether oxygens (including phenoxy) is 4. The van der Waals surface area contributed by atoms with E-state index in [-0.39, 0.29) is 12.3 Å². The number of fused-ring (bicyclic) bond motifs is 1. The number of nitrogens with zero attached hydrogens (tertiary/aromatic N) is 1. The molecule has 5 atom stereocenters. The predicted octanol–water partition coefficient (Wildman–Crippen LogP) is 3.48. The molecule has 8 nitrogen and oxygen atoms in total. The summed E-state index contributed by atoms with van der Waals surface area (Å²) >= 11 is 5.92. The van der Waals surface area contributed by atoms with Crippen molar-refractivity contribution in [3.63, 3.8) is 0 Å². The molecule has 9 heteroatoms. The third kappa shape index (κ3) is 3.95. The van der Waals surface area contributed by atoms with Gasteiger partial charge in [0.05, 0.1) is 18.2 Å². The molecular weight excluding hydrogens is 436 g/mol. The first-order chi connectivity index (χ1) is 15.3. The number of benzene rings is 2. The van der Waals surface area contributed by atoms with Gasteiger partial charge in [0.1, 0.15) is 11.9 Å². The number of nitrogens with one attached hydrogen (secondary N) is 1. The van der Waals surface area contributed by atoms with Crippen LogP contribution in [0.25, 0.3) is 0 Å². The lowest BCUT2D eigenvalue weighted by atomic mass is 9.98. The minimum absolute atomic E-state index is 0.0382. The maximum absolute atomic E-state index is 12.9. The summed E-state index contributed by atoms with van der Waals surface area (Å²) in [5.74, 6) is -0.533. The zero-order valence-electron chi connectivity index (χ0n) is 17.6. The fourth-order valence-corrected chi connectivity index (χ4v) is 4.46.